The molecule has 70 valence electrons. The Morgan fingerprint density at radius 2 is 2.15 bits per heavy atom. The average molecular weight is 188 g/mol. The molecule has 0 fully saturated rings. The smallest absolute Gasteiger partial charge is 0.358 e. The number of rotatable bonds is 2. The summed E-state index contributed by atoms with van der Waals surface area (Å²) in [5.41, 5.74) is -0.299. The molecule has 1 aromatic rings. The van der Waals surface area contributed by atoms with Crippen LogP contribution in [0.5, 0.6) is 0 Å². The third-order valence-electron chi connectivity index (χ3n) is 1.45. The van der Waals surface area contributed by atoms with Crippen molar-refractivity contribution in [3.8, 4) is 0 Å². The molecule has 0 saturated heterocycles. The van der Waals surface area contributed by atoms with Gasteiger partial charge in [0.2, 0.25) is 0 Å². The first kappa shape index (κ1) is 9.50. The molecular weight excluding hydrogens is 182 g/mol. The highest BCUT2D eigenvalue weighted by molar-refractivity contribution is 5.34. The summed E-state index contributed by atoms with van der Waals surface area (Å²) >= 11 is 0. The van der Waals surface area contributed by atoms with Gasteiger partial charge in [0.05, 0.1) is 0 Å². The van der Waals surface area contributed by atoms with Crippen molar-refractivity contribution in [2.75, 3.05) is 0 Å². The summed E-state index contributed by atoms with van der Waals surface area (Å²) < 4.78 is 24.4. The van der Waals surface area contributed by atoms with Crippen LogP contribution in [0, 0.1) is 17.0 Å². The third-order valence-corrected chi connectivity index (χ3v) is 1.45. The molecule has 0 aliphatic heterocycles. The normalized spacial score (nSPS) is 10.5. The maximum Gasteiger partial charge on any atom is 0.372 e. The molecule has 13 heavy (non-hydrogen) atoms. The molecule has 0 spiro atoms. The van der Waals surface area contributed by atoms with Crippen LogP contribution in [-0.4, -0.2) is 9.91 Å². The zero-order valence-corrected chi connectivity index (χ0v) is 6.70. The molecule has 0 aromatic carbocycles. The van der Waals surface area contributed by atoms with Crippen molar-refractivity contribution < 1.29 is 13.7 Å². The summed E-state index contributed by atoms with van der Waals surface area (Å²) in [6.07, 6.45) is -2.87. The van der Waals surface area contributed by atoms with E-state index in [0.717, 1.165) is 6.07 Å². The topological polar surface area (TPSA) is 56.0 Å². The highest BCUT2D eigenvalue weighted by atomic mass is 19.3. The Morgan fingerprint density at radius 1 is 1.54 bits per heavy atom. The zero-order valence-electron chi connectivity index (χ0n) is 6.70. The summed E-state index contributed by atoms with van der Waals surface area (Å²) in [6, 6.07) is 2.33. The van der Waals surface area contributed by atoms with Crippen LogP contribution in [0.1, 0.15) is 17.7 Å². The molecule has 0 aliphatic rings. The van der Waals surface area contributed by atoms with Crippen LogP contribution in [-0.2, 0) is 0 Å². The first-order valence-electron chi connectivity index (χ1n) is 3.42. The van der Waals surface area contributed by atoms with Gasteiger partial charge in [0.25, 0.3) is 6.43 Å². The zero-order chi connectivity index (χ0) is 10.0. The number of hydrogen-bond acceptors (Lipinski definition) is 3. The second-order valence-corrected chi connectivity index (χ2v) is 2.42. The quantitative estimate of drug-likeness (QED) is 0.528. The molecule has 6 heteroatoms. The van der Waals surface area contributed by atoms with Crippen molar-refractivity contribution in [3.05, 3.63) is 33.5 Å². The van der Waals surface area contributed by atoms with E-state index in [1.165, 1.54) is 13.0 Å². The van der Waals surface area contributed by atoms with Gasteiger partial charge in [-0.1, -0.05) is 0 Å². The van der Waals surface area contributed by atoms with E-state index in [-0.39, 0.29) is 0 Å². The van der Waals surface area contributed by atoms with E-state index in [2.05, 4.69) is 4.98 Å². The Bertz CT molecular complexity index is 341. The Hall–Kier alpha value is -1.59. The van der Waals surface area contributed by atoms with Crippen LogP contribution in [0.4, 0.5) is 14.6 Å². The van der Waals surface area contributed by atoms with Gasteiger partial charge in [0.1, 0.15) is 11.3 Å². The summed E-state index contributed by atoms with van der Waals surface area (Å²) in [6.45, 7) is 1.50. The monoisotopic (exact) mass is 188 g/mol. The lowest BCUT2D eigenvalue weighted by Gasteiger charge is -2.00. The Morgan fingerprint density at radius 3 is 2.62 bits per heavy atom. The molecule has 1 rings (SSSR count). The first-order valence-corrected chi connectivity index (χ1v) is 3.42. The molecule has 0 aliphatic carbocycles. The van der Waals surface area contributed by atoms with Gasteiger partial charge in [-0.15, -0.1) is 0 Å². The molecule has 1 heterocycles. The van der Waals surface area contributed by atoms with E-state index in [0.29, 0.717) is 5.69 Å². The molecule has 4 nitrogen and oxygen atoms in total. The Labute approximate surface area is 72.4 Å². The number of aryl methyl sites for hydroxylation is 1. The SMILES string of the molecule is Cc1ccc(C(F)F)c([N+](=O)[O-])n1. The summed E-state index contributed by atoms with van der Waals surface area (Å²) in [7, 11) is 0. The lowest BCUT2D eigenvalue weighted by atomic mass is 10.2. The number of pyridine rings is 1. The fraction of sp³-hybridized carbons (Fsp3) is 0.286. The van der Waals surface area contributed by atoms with Crippen molar-refractivity contribution in [2.45, 2.75) is 13.3 Å². The molecule has 1 aromatic heterocycles. The van der Waals surface area contributed by atoms with Gasteiger partial charge in [-0.25, -0.2) is 8.78 Å². The average Bonchev–Trinajstić information content (AvgIpc) is 2.03. The number of nitrogens with zero attached hydrogens (tertiary/aromatic N) is 2. The van der Waals surface area contributed by atoms with Gasteiger partial charge >= 0.3 is 5.82 Å². The second-order valence-electron chi connectivity index (χ2n) is 2.42. The van der Waals surface area contributed by atoms with E-state index in [4.69, 9.17) is 0 Å². The maximum absolute atomic E-state index is 12.2. The summed E-state index contributed by atoms with van der Waals surface area (Å²) in [4.78, 5) is 12.8. The van der Waals surface area contributed by atoms with Crippen LogP contribution in [0.3, 0.4) is 0 Å². The van der Waals surface area contributed by atoms with Gasteiger partial charge in [0, 0.05) is 6.92 Å². The predicted molar refractivity (Wildman–Crippen MR) is 40.6 cm³/mol. The van der Waals surface area contributed by atoms with E-state index in [9.17, 15) is 18.9 Å². The van der Waals surface area contributed by atoms with Gasteiger partial charge in [0.15, 0.2) is 0 Å². The summed E-state index contributed by atoms with van der Waals surface area (Å²) in [5, 5.41) is 10.3. The van der Waals surface area contributed by atoms with E-state index in [1.54, 1.807) is 0 Å². The maximum atomic E-state index is 12.2. The Balaban J connectivity index is 3.27. The molecule has 0 unspecified atom stereocenters. The van der Waals surface area contributed by atoms with Crippen molar-refractivity contribution in [1.82, 2.24) is 4.98 Å². The minimum atomic E-state index is -2.87. The van der Waals surface area contributed by atoms with Crippen LogP contribution >= 0.6 is 0 Å². The molecule has 0 bridgehead atoms. The van der Waals surface area contributed by atoms with Gasteiger partial charge in [-0.05, 0) is 22.0 Å². The van der Waals surface area contributed by atoms with Crippen molar-refractivity contribution >= 4 is 5.82 Å². The first-order chi connectivity index (χ1) is 6.02. The molecule has 0 saturated carbocycles. The van der Waals surface area contributed by atoms with E-state index in [1.807, 2.05) is 0 Å². The summed E-state index contributed by atoms with van der Waals surface area (Å²) in [5.74, 6) is -0.769. The molecule has 0 N–H and O–H groups in total. The highest BCUT2D eigenvalue weighted by Crippen LogP contribution is 2.26. The number of aromatic nitrogens is 1. The largest absolute Gasteiger partial charge is 0.372 e. The van der Waals surface area contributed by atoms with Crippen molar-refractivity contribution in [3.63, 3.8) is 0 Å². The fourth-order valence-corrected chi connectivity index (χ4v) is 0.870. The van der Waals surface area contributed by atoms with E-state index >= 15 is 0 Å². The number of halogens is 2. The number of hydrogen-bond donors (Lipinski definition) is 0. The van der Waals surface area contributed by atoms with Crippen LogP contribution < -0.4 is 0 Å². The molecule has 0 amide bonds. The highest BCUT2D eigenvalue weighted by Gasteiger charge is 2.22. The number of nitro groups is 1. The lowest BCUT2D eigenvalue weighted by Crippen LogP contribution is -1.99. The predicted octanol–water partition coefficient (Wildman–Crippen LogP) is 2.24. The second kappa shape index (κ2) is 3.42. The van der Waals surface area contributed by atoms with Crippen molar-refractivity contribution in [1.29, 1.82) is 0 Å². The Kier molecular flexibility index (Phi) is 2.50. The minimum absolute atomic E-state index is 0.344. The van der Waals surface area contributed by atoms with Crippen LogP contribution in [0.15, 0.2) is 12.1 Å². The van der Waals surface area contributed by atoms with Crippen LogP contribution in [0.25, 0.3) is 0 Å². The fourth-order valence-electron chi connectivity index (χ4n) is 0.870. The molecule has 0 radical (unpaired) electrons. The molecule has 0 atom stereocenters. The lowest BCUT2D eigenvalue weighted by molar-refractivity contribution is -0.391. The number of alkyl halides is 2. The van der Waals surface area contributed by atoms with Gasteiger partial charge < -0.3 is 10.1 Å². The van der Waals surface area contributed by atoms with Gasteiger partial charge in [-0.3, -0.25) is 0 Å². The minimum Gasteiger partial charge on any atom is -0.358 e. The molecular formula is C7H6F2N2O2. The van der Waals surface area contributed by atoms with Crippen molar-refractivity contribution in [2.24, 2.45) is 0 Å². The van der Waals surface area contributed by atoms with Crippen LogP contribution in [0.2, 0.25) is 0 Å². The van der Waals surface area contributed by atoms with Gasteiger partial charge in [-0.2, -0.15) is 0 Å². The standard InChI is InChI=1S/C7H6F2N2O2/c1-4-2-3-5(6(8)9)7(10-4)11(12)13/h2-3,6H,1H3. The third kappa shape index (κ3) is 1.95. The van der Waals surface area contributed by atoms with E-state index < -0.39 is 22.7 Å².